The summed E-state index contributed by atoms with van der Waals surface area (Å²) in [5, 5.41) is 8.66. The van der Waals surface area contributed by atoms with E-state index in [4.69, 9.17) is 5.11 Å². The van der Waals surface area contributed by atoms with Gasteiger partial charge < -0.3 is 10.0 Å². The number of fused-ring (bicyclic) bond motifs is 1. The number of anilines is 1. The summed E-state index contributed by atoms with van der Waals surface area (Å²) in [6, 6.07) is 5.29. The number of aliphatic imine (C=N–C) groups is 1. The summed E-state index contributed by atoms with van der Waals surface area (Å²) in [4.78, 5) is 28.0. The zero-order valence-corrected chi connectivity index (χ0v) is 10.6. The topological polar surface area (TPSA) is 70.0 Å². The van der Waals surface area contributed by atoms with Gasteiger partial charge in [-0.05, 0) is 18.2 Å². The third-order valence-electron chi connectivity index (χ3n) is 2.45. The van der Waals surface area contributed by atoms with Gasteiger partial charge in [-0.25, -0.2) is 4.99 Å². The number of aliphatic hydroxyl groups excluding tert-OH is 1. The van der Waals surface area contributed by atoms with Crippen molar-refractivity contribution in [1.82, 2.24) is 0 Å². The molecule has 88 valence electrons. The van der Waals surface area contributed by atoms with Gasteiger partial charge in [-0.2, -0.15) is 0 Å². The molecule has 0 spiro atoms. The van der Waals surface area contributed by atoms with Crippen molar-refractivity contribution in [1.29, 1.82) is 0 Å². The number of rotatable bonds is 1. The summed E-state index contributed by atoms with van der Waals surface area (Å²) < 4.78 is 0.795. The highest BCUT2D eigenvalue weighted by Gasteiger charge is 2.31. The Morgan fingerprint density at radius 2 is 2.24 bits per heavy atom. The van der Waals surface area contributed by atoms with E-state index in [0.717, 1.165) is 4.47 Å². The van der Waals surface area contributed by atoms with Crippen LogP contribution < -0.4 is 4.90 Å². The van der Waals surface area contributed by atoms with Crippen LogP contribution in [0, 0.1) is 0 Å². The number of amides is 2. The molecule has 1 aromatic rings. The second-order valence-electron chi connectivity index (χ2n) is 3.54. The number of carbonyl (C=O) groups excluding carboxylic acids is 2. The molecule has 0 saturated heterocycles. The molecule has 5 nitrogen and oxygen atoms in total. The van der Waals surface area contributed by atoms with E-state index in [9.17, 15) is 9.59 Å². The molecule has 0 aromatic heterocycles. The Hall–Kier alpha value is -1.53. The lowest BCUT2D eigenvalue weighted by molar-refractivity contribution is -0.120. The molecule has 1 aliphatic rings. The van der Waals surface area contributed by atoms with Gasteiger partial charge in [0, 0.05) is 17.1 Å². The molecule has 2 amide bonds. The maximum Gasteiger partial charge on any atom is 0.277 e. The van der Waals surface area contributed by atoms with Crippen LogP contribution in [0.5, 0.6) is 0 Å². The van der Waals surface area contributed by atoms with Crippen molar-refractivity contribution in [2.75, 3.05) is 18.6 Å². The van der Waals surface area contributed by atoms with Crippen LogP contribution in [-0.2, 0) is 9.59 Å². The first-order chi connectivity index (χ1) is 8.04. The van der Waals surface area contributed by atoms with Crippen molar-refractivity contribution >= 4 is 39.1 Å². The number of carbonyl (C=O) groups is 2. The van der Waals surface area contributed by atoms with Crippen LogP contribution in [-0.4, -0.2) is 36.3 Å². The Bertz CT molecular complexity index is 540. The molecule has 0 fully saturated rings. The number of likely N-dealkylation sites (N-methyl/N-ethyl adjacent to an activating group) is 1. The minimum absolute atomic E-state index is 0.0721. The minimum atomic E-state index is -0.727. The normalized spacial score (nSPS) is 16.5. The van der Waals surface area contributed by atoms with Crippen LogP contribution in [0.25, 0.3) is 0 Å². The maximum absolute atomic E-state index is 11.9. The lowest BCUT2D eigenvalue weighted by Crippen LogP contribution is -2.26. The fourth-order valence-electron chi connectivity index (χ4n) is 1.64. The molecular formula is C11H9BrN2O3. The predicted octanol–water partition coefficient (Wildman–Crippen LogP) is 0.733. The molecule has 0 aliphatic carbocycles. The van der Waals surface area contributed by atoms with Crippen molar-refractivity contribution in [2.45, 2.75) is 0 Å². The Morgan fingerprint density at radius 3 is 2.88 bits per heavy atom. The van der Waals surface area contributed by atoms with Crippen molar-refractivity contribution < 1.29 is 14.7 Å². The van der Waals surface area contributed by atoms with E-state index in [0.29, 0.717) is 11.3 Å². The lowest BCUT2D eigenvalue weighted by Gasteiger charge is -2.07. The third kappa shape index (κ3) is 2.01. The van der Waals surface area contributed by atoms with Crippen LogP contribution in [0.4, 0.5) is 5.69 Å². The van der Waals surface area contributed by atoms with Crippen LogP contribution >= 0.6 is 15.9 Å². The molecule has 0 unspecified atom stereocenters. The number of nitrogens with zero attached hydrogens (tertiary/aromatic N) is 2. The Kier molecular flexibility index (Phi) is 3.08. The number of hydrogen-bond acceptors (Lipinski definition) is 3. The Balaban J connectivity index is 2.57. The second kappa shape index (κ2) is 4.38. The fraction of sp³-hybridized carbons (Fsp3) is 0.182. The predicted molar refractivity (Wildman–Crippen MR) is 66.2 cm³/mol. The van der Waals surface area contributed by atoms with Crippen molar-refractivity contribution in [3.05, 3.63) is 28.2 Å². The SMILES string of the molecule is CN1C(=O)/C(=N/C(=O)CO)c2cc(Br)ccc21. The van der Waals surface area contributed by atoms with E-state index >= 15 is 0 Å². The number of hydrogen-bond donors (Lipinski definition) is 1. The van der Waals surface area contributed by atoms with Gasteiger partial charge in [-0.3, -0.25) is 9.59 Å². The quantitative estimate of drug-likeness (QED) is 0.831. The molecule has 1 aromatic carbocycles. The smallest absolute Gasteiger partial charge is 0.277 e. The zero-order valence-electron chi connectivity index (χ0n) is 8.98. The average molecular weight is 297 g/mol. The molecule has 1 heterocycles. The van der Waals surface area contributed by atoms with E-state index in [2.05, 4.69) is 20.9 Å². The first-order valence-corrected chi connectivity index (χ1v) is 5.64. The van der Waals surface area contributed by atoms with Gasteiger partial charge >= 0.3 is 0 Å². The molecule has 6 heteroatoms. The molecule has 1 N–H and O–H groups in total. The van der Waals surface area contributed by atoms with E-state index in [1.807, 2.05) is 0 Å². The molecule has 0 bridgehead atoms. The monoisotopic (exact) mass is 296 g/mol. The summed E-state index contributed by atoms with van der Waals surface area (Å²) in [5.41, 5.74) is 1.36. The summed E-state index contributed by atoms with van der Waals surface area (Å²) in [6.45, 7) is -0.705. The minimum Gasteiger partial charge on any atom is -0.386 e. The van der Waals surface area contributed by atoms with Gasteiger partial charge in [0.2, 0.25) is 0 Å². The first kappa shape index (κ1) is 11.9. The van der Waals surface area contributed by atoms with Crippen LogP contribution in [0.2, 0.25) is 0 Å². The number of halogens is 1. The molecule has 17 heavy (non-hydrogen) atoms. The van der Waals surface area contributed by atoms with Crippen LogP contribution in [0.3, 0.4) is 0 Å². The van der Waals surface area contributed by atoms with E-state index < -0.39 is 12.5 Å². The van der Waals surface area contributed by atoms with Gasteiger partial charge in [-0.15, -0.1) is 0 Å². The fourth-order valence-corrected chi connectivity index (χ4v) is 2.00. The van der Waals surface area contributed by atoms with E-state index in [-0.39, 0.29) is 11.6 Å². The summed E-state index contributed by atoms with van der Waals surface area (Å²) in [5.74, 6) is -1.07. The van der Waals surface area contributed by atoms with Crippen molar-refractivity contribution in [3.63, 3.8) is 0 Å². The summed E-state index contributed by atoms with van der Waals surface area (Å²) in [7, 11) is 1.61. The van der Waals surface area contributed by atoms with Gasteiger partial charge in [-0.1, -0.05) is 15.9 Å². The molecular weight excluding hydrogens is 288 g/mol. The maximum atomic E-state index is 11.9. The number of benzene rings is 1. The highest BCUT2D eigenvalue weighted by Crippen LogP contribution is 2.30. The summed E-state index contributed by atoms with van der Waals surface area (Å²) >= 11 is 3.30. The van der Waals surface area contributed by atoms with Gasteiger partial charge in [0.25, 0.3) is 11.8 Å². The Labute approximate surface area is 106 Å². The second-order valence-corrected chi connectivity index (χ2v) is 4.45. The number of aliphatic hydroxyl groups is 1. The van der Waals surface area contributed by atoms with Gasteiger partial charge in [0.1, 0.15) is 12.3 Å². The van der Waals surface area contributed by atoms with E-state index in [1.54, 1.807) is 25.2 Å². The van der Waals surface area contributed by atoms with Crippen molar-refractivity contribution in [2.24, 2.45) is 4.99 Å². The van der Waals surface area contributed by atoms with Gasteiger partial charge in [0.05, 0.1) is 5.69 Å². The molecule has 0 saturated carbocycles. The molecule has 1 aliphatic heterocycles. The van der Waals surface area contributed by atoms with E-state index in [1.165, 1.54) is 4.90 Å². The standard InChI is InChI=1S/C11H9BrN2O3/c1-14-8-3-2-6(12)4-7(8)10(11(14)17)13-9(16)5-15/h2-4,15H,5H2,1H3/b13-10+. The Morgan fingerprint density at radius 1 is 1.53 bits per heavy atom. The van der Waals surface area contributed by atoms with Gasteiger partial charge in [0.15, 0.2) is 0 Å². The first-order valence-electron chi connectivity index (χ1n) is 4.85. The largest absolute Gasteiger partial charge is 0.386 e. The molecule has 0 atom stereocenters. The lowest BCUT2D eigenvalue weighted by atomic mass is 10.1. The molecule has 2 rings (SSSR count). The molecule has 0 radical (unpaired) electrons. The summed E-state index contributed by atoms with van der Waals surface area (Å²) in [6.07, 6.45) is 0. The van der Waals surface area contributed by atoms with Crippen LogP contribution in [0.15, 0.2) is 27.7 Å². The highest BCUT2D eigenvalue weighted by atomic mass is 79.9. The average Bonchev–Trinajstić information content (AvgIpc) is 2.54. The van der Waals surface area contributed by atoms with Crippen molar-refractivity contribution in [3.8, 4) is 0 Å². The zero-order chi connectivity index (χ0) is 12.6. The highest BCUT2D eigenvalue weighted by molar-refractivity contribution is 9.10. The third-order valence-corrected chi connectivity index (χ3v) is 2.95. The van der Waals surface area contributed by atoms with Crippen LogP contribution in [0.1, 0.15) is 5.56 Å².